The molecule has 106 valence electrons. The summed E-state index contributed by atoms with van der Waals surface area (Å²) in [5.41, 5.74) is 0.121. The maximum Gasteiger partial charge on any atom is 0.258 e. The van der Waals surface area contributed by atoms with Crippen molar-refractivity contribution in [1.82, 2.24) is 10.2 Å². The molecule has 5 heteroatoms. The molecule has 3 unspecified atom stereocenters. The van der Waals surface area contributed by atoms with E-state index < -0.39 is 0 Å². The van der Waals surface area contributed by atoms with E-state index in [0.717, 1.165) is 19.4 Å². The lowest BCUT2D eigenvalue weighted by molar-refractivity contribution is -0.169. The number of piperidine rings is 1. The number of rotatable bonds is 2. The molecule has 0 aromatic rings. The van der Waals surface area contributed by atoms with Crippen molar-refractivity contribution < 1.29 is 14.3 Å². The van der Waals surface area contributed by atoms with E-state index in [9.17, 15) is 9.59 Å². The normalized spacial score (nSPS) is 37.8. The number of ether oxygens (including phenoxy) is 1. The summed E-state index contributed by atoms with van der Waals surface area (Å²) < 4.78 is 5.43. The zero-order valence-electron chi connectivity index (χ0n) is 11.6. The molecular weight excluding hydrogens is 244 g/mol. The molecule has 0 aromatic heterocycles. The van der Waals surface area contributed by atoms with Crippen LogP contribution >= 0.6 is 0 Å². The minimum atomic E-state index is -0.380. The zero-order chi connectivity index (χ0) is 13.6. The van der Waals surface area contributed by atoms with Crippen molar-refractivity contribution in [3.8, 4) is 0 Å². The lowest BCUT2D eigenvalue weighted by Crippen LogP contribution is -2.59. The number of hydrogen-bond acceptors (Lipinski definition) is 4. The van der Waals surface area contributed by atoms with Gasteiger partial charge >= 0.3 is 0 Å². The first-order valence-corrected chi connectivity index (χ1v) is 7.23. The molecule has 1 N–H and O–H groups in total. The van der Waals surface area contributed by atoms with Crippen LogP contribution in [0, 0.1) is 5.41 Å². The van der Waals surface area contributed by atoms with E-state index in [1.54, 1.807) is 0 Å². The van der Waals surface area contributed by atoms with Gasteiger partial charge in [-0.3, -0.25) is 14.5 Å². The van der Waals surface area contributed by atoms with E-state index >= 15 is 0 Å². The molecule has 3 heterocycles. The van der Waals surface area contributed by atoms with Crippen LogP contribution in [0.1, 0.15) is 39.5 Å². The van der Waals surface area contributed by atoms with Gasteiger partial charge in [-0.1, -0.05) is 13.8 Å². The van der Waals surface area contributed by atoms with Crippen LogP contribution < -0.4 is 5.32 Å². The predicted octanol–water partition coefficient (Wildman–Crippen LogP) is 0.681. The van der Waals surface area contributed by atoms with Crippen LogP contribution in [0.5, 0.6) is 0 Å². The maximum absolute atomic E-state index is 12.2. The Balaban J connectivity index is 1.75. The van der Waals surface area contributed by atoms with Gasteiger partial charge in [0.1, 0.15) is 12.2 Å². The third kappa shape index (κ3) is 2.19. The fourth-order valence-corrected chi connectivity index (χ4v) is 3.40. The van der Waals surface area contributed by atoms with Gasteiger partial charge in [0, 0.05) is 12.6 Å². The first-order valence-electron chi connectivity index (χ1n) is 7.23. The summed E-state index contributed by atoms with van der Waals surface area (Å²) >= 11 is 0. The van der Waals surface area contributed by atoms with Crippen LogP contribution in [0.4, 0.5) is 0 Å². The van der Waals surface area contributed by atoms with Gasteiger partial charge in [-0.2, -0.15) is 0 Å². The van der Waals surface area contributed by atoms with E-state index in [1.165, 1.54) is 4.90 Å². The SMILES string of the molecule is CC1(C)CCCNC1CN1C(=O)C2CCC(O2)C1=O. The molecule has 0 saturated carbocycles. The van der Waals surface area contributed by atoms with Crippen LogP contribution in [0.25, 0.3) is 0 Å². The number of fused-ring (bicyclic) bond motifs is 2. The second-order valence-corrected chi connectivity index (χ2v) is 6.58. The Morgan fingerprint density at radius 3 is 2.47 bits per heavy atom. The lowest BCUT2D eigenvalue weighted by atomic mass is 9.77. The number of morpholine rings is 1. The second kappa shape index (κ2) is 4.56. The summed E-state index contributed by atoms with van der Waals surface area (Å²) in [6, 6.07) is 0.187. The Kier molecular flexibility index (Phi) is 3.14. The van der Waals surface area contributed by atoms with E-state index in [-0.39, 0.29) is 35.5 Å². The highest BCUT2D eigenvalue weighted by molar-refractivity contribution is 6.02. The summed E-state index contributed by atoms with van der Waals surface area (Å²) in [6.07, 6.45) is 2.90. The van der Waals surface area contributed by atoms with Crippen molar-refractivity contribution in [2.75, 3.05) is 13.1 Å². The fourth-order valence-electron chi connectivity index (χ4n) is 3.40. The number of carbonyl (C=O) groups is 2. The molecule has 3 aliphatic heterocycles. The van der Waals surface area contributed by atoms with E-state index in [0.29, 0.717) is 19.4 Å². The molecule has 0 aromatic carbocycles. The Bertz CT molecular complexity index is 385. The fraction of sp³-hybridized carbons (Fsp3) is 0.857. The number of nitrogens with one attached hydrogen (secondary N) is 1. The van der Waals surface area contributed by atoms with Gasteiger partial charge in [0.2, 0.25) is 0 Å². The Hall–Kier alpha value is -0.940. The molecule has 3 fully saturated rings. The summed E-state index contributed by atoms with van der Waals surface area (Å²) in [4.78, 5) is 25.9. The van der Waals surface area contributed by atoms with Crippen LogP contribution in [-0.4, -0.2) is 48.1 Å². The average molecular weight is 266 g/mol. The molecule has 3 rings (SSSR count). The Labute approximate surface area is 113 Å². The van der Waals surface area contributed by atoms with E-state index in [4.69, 9.17) is 4.74 Å². The first-order chi connectivity index (χ1) is 8.99. The molecule has 0 radical (unpaired) electrons. The van der Waals surface area contributed by atoms with Crippen molar-refractivity contribution >= 4 is 11.8 Å². The minimum Gasteiger partial charge on any atom is -0.355 e. The molecule has 0 aliphatic carbocycles. The highest BCUT2D eigenvalue weighted by Gasteiger charge is 2.48. The minimum absolute atomic E-state index is 0.121. The average Bonchev–Trinajstić information content (AvgIpc) is 2.81. The van der Waals surface area contributed by atoms with Crippen molar-refractivity contribution in [1.29, 1.82) is 0 Å². The standard InChI is InChI=1S/C14H22N2O3/c1-14(2)6-3-7-15-11(14)8-16-12(17)9-4-5-10(19-9)13(16)18/h9-11,15H,3-8H2,1-2H3. The van der Waals surface area contributed by atoms with Crippen molar-refractivity contribution in [2.24, 2.45) is 5.41 Å². The Morgan fingerprint density at radius 2 is 1.89 bits per heavy atom. The third-order valence-electron chi connectivity index (χ3n) is 4.80. The van der Waals surface area contributed by atoms with Crippen molar-refractivity contribution in [3.63, 3.8) is 0 Å². The molecule has 5 nitrogen and oxygen atoms in total. The van der Waals surface area contributed by atoms with Gasteiger partial charge in [-0.05, 0) is 37.6 Å². The van der Waals surface area contributed by atoms with Gasteiger partial charge in [0.05, 0.1) is 0 Å². The zero-order valence-corrected chi connectivity index (χ0v) is 11.6. The number of carbonyl (C=O) groups excluding carboxylic acids is 2. The predicted molar refractivity (Wildman–Crippen MR) is 69.4 cm³/mol. The summed E-state index contributed by atoms with van der Waals surface area (Å²) in [7, 11) is 0. The molecule has 19 heavy (non-hydrogen) atoms. The van der Waals surface area contributed by atoms with Crippen LogP contribution in [-0.2, 0) is 14.3 Å². The van der Waals surface area contributed by atoms with Gasteiger partial charge in [-0.15, -0.1) is 0 Å². The smallest absolute Gasteiger partial charge is 0.258 e. The molecule has 2 amide bonds. The molecule has 3 aliphatic rings. The van der Waals surface area contributed by atoms with Gasteiger partial charge < -0.3 is 10.1 Å². The van der Waals surface area contributed by atoms with Crippen molar-refractivity contribution in [3.05, 3.63) is 0 Å². The summed E-state index contributed by atoms with van der Waals surface area (Å²) in [5, 5.41) is 3.46. The van der Waals surface area contributed by atoms with Gasteiger partial charge in [0.15, 0.2) is 0 Å². The molecular formula is C14H22N2O3. The summed E-state index contributed by atoms with van der Waals surface area (Å²) in [5.74, 6) is -0.274. The third-order valence-corrected chi connectivity index (χ3v) is 4.80. The molecule has 3 atom stereocenters. The number of likely N-dealkylation sites (tertiary alicyclic amines) is 1. The second-order valence-electron chi connectivity index (χ2n) is 6.58. The van der Waals surface area contributed by atoms with Crippen LogP contribution in [0.2, 0.25) is 0 Å². The molecule has 2 bridgehead atoms. The lowest BCUT2D eigenvalue weighted by Gasteiger charge is -2.42. The first kappa shape index (κ1) is 13.1. The number of nitrogens with zero attached hydrogens (tertiary/aromatic N) is 1. The van der Waals surface area contributed by atoms with Crippen LogP contribution in [0.3, 0.4) is 0 Å². The number of imide groups is 1. The topological polar surface area (TPSA) is 58.6 Å². The van der Waals surface area contributed by atoms with Gasteiger partial charge in [0.25, 0.3) is 11.8 Å². The number of hydrogen-bond donors (Lipinski definition) is 1. The highest BCUT2D eigenvalue weighted by Crippen LogP contribution is 2.33. The van der Waals surface area contributed by atoms with Crippen LogP contribution in [0.15, 0.2) is 0 Å². The van der Waals surface area contributed by atoms with E-state index in [1.807, 2.05) is 0 Å². The van der Waals surface area contributed by atoms with Gasteiger partial charge in [-0.25, -0.2) is 0 Å². The highest BCUT2D eigenvalue weighted by atomic mass is 16.5. The molecule has 0 spiro atoms. The number of amides is 2. The molecule has 3 saturated heterocycles. The van der Waals surface area contributed by atoms with Crippen molar-refractivity contribution in [2.45, 2.75) is 57.8 Å². The quantitative estimate of drug-likeness (QED) is 0.747. The summed E-state index contributed by atoms with van der Waals surface area (Å²) in [6.45, 7) is 5.86. The van der Waals surface area contributed by atoms with E-state index in [2.05, 4.69) is 19.2 Å². The largest absolute Gasteiger partial charge is 0.355 e. The Morgan fingerprint density at radius 1 is 1.26 bits per heavy atom. The maximum atomic E-state index is 12.2. The monoisotopic (exact) mass is 266 g/mol.